The molecule has 2 aromatic carbocycles. The number of aromatic carboxylic acids is 1. The molecule has 0 bridgehead atoms. The third-order valence-electron chi connectivity index (χ3n) is 3.13. The second kappa shape index (κ2) is 6.09. The zero-order valence-corrected chi connectivity index (χ0v) is 11.5. The normalized spacial score (nSPS) is 10.1. The minimum absolute atomic E-state index is 0.207. The monoisotopic (exact) mass is 285 g/mol. The van der Waals surface area contributed by atoms with E-state index in [-0.39, 0.29) is 17.2 Å². The maximum absolute atomic E-state index is 12.2. The predicted octanol–water partition coefficient (Wildman–Crippen LogP) is 2.91. The average molecular weight is 285 g/mol. The Morgan fingerprint density at radius 2 is 1.81 bits per heavy atom. The highest BCUT2D eigenvalue weighted by Crippen LogP contribution is 2.22. The molecule has 0 radical (unpaired) electrons. The molecule has 0 spiro atoms. The van der Waals surface area contributed by atoms with E-state index in [1.54, 1.807) is 12.1 Å². The van der Waals surface area contributed by atoms with Crippen LogP contribution in [0, 0.1) is 0 Å². The number of aryl methyl sites for hydroxylation is 1. The number of rotatable bonds is 4. The molecule has 0 saturated carbocycles. The Labute approximate surface area is 121 Å². The SMILES string of the molecule is CCc1ccccc1C(=O)Nc1ccc(C(=O)O)c(O)c1. The van der Waals surface area contributed by atoms with Gasteiger partial charge in [0.2, 0.25) is 0 Å². The van der Waals surface area contributed by atoms with Crippen molar-refractivity contribution in [2.45, 2.75) is 13.3 Å². The standard InChI is InChI=1S/C16H15NO4/c1-2-10-5-3-4-6-12(10)15(19)17-11-7-8-13(16(20)21)14(18)9-11/h3-9,18H,2H2,1H3,(H,17,19)(H,20,21). The lowest BCUT2D eigenvalue weighted by molar-refractivity contribution is 0.0693. The molecule has 108 valence electrons. The number of anilines is 1. The molecule has 1 amide bonds. The Kier molecular flexibility index (Phi) is 4.23. The fraction of sp³-hybridized carbons (Fsp3) is 0.125. The van der Waals surface area contributed by atoms with Gasteiger partial charge in [-0.2, -0.15) is 0 Å². The highest BCUT2D eigenvalue weighted by Gasteiger charge is 2.13. The number of amides is 1. The van der Waals surface area contributed by atoms with E-state index in [0.29, 0.717) is 11.3 Å². The molecule has 0 unspecified atom stereocenters. The van der Waals surface area contributed by atoms with E-state index in [1.807, 2.05) is 19.1 Å². The topological polar surface area (TPSA) is 86.6 Å². The lowest BCUT2D eigenvalue weighted by Gasteiger charge is -2.09. The summed E-state index contributed by atoms with van der Waals surface area (Å²) >= 11 is 0. The zero-order valence-electron chi connectivity index (χ0n) is 11.5. The minimum atomic E-state index is -1.22. The van der Waals surface area contributed by atoms with Crippen LogP contribution in [0.1, 0.15) is 33.2 Å². The largest absolute Gasteiger partial charge is 0.507 e. The van der Waals surface area contributed by atoms with Gasteiger partial charge < -0.3 is 15.5 Å². The lowest BCUT2D eigenvalue weighted by Crippen LogP contribution is -2.14. The fourth-order valence-electron chi connectivity index (χ4n) is 2.04. The second-order valence-corrected chi connectivity index (χ2v) is 4.50. The van der Waals surface area contributed by atoms with E-state index in [1.165, 1.54) is 18.2 Å². The van der Waals surface area contributed by atoms with Crippen LogP contribution in [0.3, 0.4) is 0 Å². The molecule has 0 aliphatic rings. The molecule has 2 rings (SSSR count). The molecule has 0 aromatic heterocycles. The minimum Gasteiger partial charge on any atom is -0.507 e. The van der Waals surface area contributed by atoms with Crippen LogP contribution in [-0.2, 0) is 6.42 Å². The van der Waals surface area contributed by atoms with Gasteiger partial charge in [0, 0.05) is 17.3 Å². The molecule has 0 fully saturated rings. The molecule has 5 nitrogen and oxygen atoms in total. The summed E-state index contributed by atoms with van der Waals surface area (Å²) in [5.41, 5.74) is 1.61. The van der Waals surface area contributed by atoms with Crippen LogP contribution in [0.4, 0.5) is 5.69 Å². The Balaban J connectivity index is 2.24. The number of hydrogen-bond acceptors (Lipinski definition) is 3. The lowest BCUT2D eigenvalue weighted by atomic mass is 10.0. The van der Waals surface area contributed by atoms with Crippen molar-refractivity contribution < 1.29 is 19.8 Å². The summed E-state index contributed by atoms with van der Waals surface area (Å²) in [6.45, 7) is 1.96. The average Bonchev–Trinajstić information content (AvgIpc) is 2.46. The number of aromatic hydroxyl groups is 1. The van der Waals surface area contributed by atoms with E-state index in [2.05, 4.69) is 5.32 Å². The summed E-state index contributed by atoms with van der Waals surface area (Å²) in [5.74, 6) is -1.90. The molecule has 2 aromatic rings. The summed E-state index contributed by atoms with van der Waals surface area (Å²) in [5, 5.41) is 21.1. The van der Waals surface area contributed by atoms with E-state index in [9.17, 15) is 14.7 Å². The summed E-state index contributed by atoms with van der Waals surface area (Å²) in [7, 11) is 0. The smallest absolute Gasteiger partial charge is 0.339 e. The van der Waals surface area contributed by atoms with E-state index in [4.69, 9.17) is 5.11 Å². The predicted molar refractivity (Wildman–Crippen MR) is 78.8 cm³/mol. The molecule has 3 N–H and O–H groups in total. The molecular weight excluding hydrogens is 270 g/mol. The van der Waals surface area contributed by atoms with E-state index >= 15 is 0 Å². The van der Waals surface area contributed by atoms with Crippen LogP contribution in [-0.4, -0.2) is 22.1 Å². The Hall–Kier alpha value is -2.82. The van der Waals surface area contributed by atoms with Crippen LogP contribution in [0.25, 0.3) is 0 Å². The van der Waals surface area contributed by atoms with Crippen molar-refractivity contribution >= 4 is 17.6 Å². The molecule has 21 heavy (non-hydrogen) atoms. The number of nitrogens with one attached hydrogen (secondary N) is 1. The van der Waals surface area contributed by atoms with Gasteiger partial charge in [-0.1, -0.05) is 25.1 Å². The van der Waals surface area contributed by atoms with Gasteiger partial charge in [-0.25, -0.2) is 4.79 Å². The first-order valence-corrected chi connectivity index (χ1v) is 6.48. The summed E-state index contributed by atoms with van der Waals surface area (Å²) < 4.78 is 0. The van der Waals surface area contributed by atoms with E-state index < -0.39 is 5.97 Å². The Morgan fingerprint density at radius 3 is 2.43 bits per heavy atom. The number of benzene rings is 2. The van der Waals surface area contributed by atoms with Crippen LogP contribution < -0.4 is 5.32 Å². The quantitative estimate of drug-likeness (QED) is 0.806. The molecule has 5 heteroatoms. The summed E-state index contributed by atoms with van der Waals surface area (Å²) in [6.07, 6.45) is 0.729. The number of phenols is 1. The van der Waals surface area contributed by atoms with Gasteiger partial charge in [0.15, 0.2) is 0 Å². The van der Waals surface area contributed by atoms with Gasteiger partial charge in [0.1, 0.15) is 11.3 Å². The van der Waals surface area contributed by atoms with Crippen molar-refractivity contribution in [1.29, 1.82) is 0 Å². The second-order valence-electron chi connectivity index (χ2n) is 4.50. The van der Waals surface area contributed by atoms with Crippen molar-refractivity contribution in [1.82, 2.24) is 0 Å². The highest BCUT2D eigenvalue weighted by atomic mass is 16.4. The van der Waals surface area contributed by atoms with Crippen molar-refractivity contribution in [3.8, 4) is 5.75 Å². The summed E-state index contributed by atoms with van der Waals surface area (Å²) in [4.78, 5) is 23.0. The van der Waals surface area contributed by atoms with E-state index in [0.717, 1.165) is 12.0 Å². The van der Waals surface area contributed by atoms with Crippen molar-refractivity contribution in [3.05, 3.63) is 59.2 Å². The van der Waals surface area contributed by atoms with Crippen molar-refractivity contribution in [2.75, 3.05) is 5.32 Å². The van der Waals surface area contributed by atoms with Gasteiger partial charge in [-0.15, -0.1) is 0 Å². The van der Waals surface area contributed by atoms with Crippen molar-refractivity contribution in [3.63, 3.8) is 0 Å². The first-order chi connectivity index (χ1) is 10.0. The maximum atomic E-state index is 12.2. The highest BCUT2D eigenvalue weighted by molar-refractivity contribution is 6.05. The van der Waals surface area contributed by atoms with Gasteiger partial charge in [-0.05, 0) is 30.2 Å². The van der Waals surface area contributed by atoms with Crippen LogP contribution in [0.2, 0.25) is 0 Å². The van der Waals surface area contributed by atoms with Gasteiger partial charge in [0.05, 0.1) is 0 Å². The van der Waals surface area contributed by atoms with Gasteiger partial charge in [0.25, 0.3) is 5.91 Å². The third-order valence-corrected chi connectivity index (χ3v) is 3.13. The van der Waals surface area contributed by atoms with Crippen LogP contribution in [0.15, 0.2) is 42.5 Å². The van der Waals surface area contributed by atoms with Crippen LogP contribution >= 0.6 is 0 Å². The first-order valence-electron chi connectivity index (χ1n) is 6.48. The number of hydrogen-bond donors (Lipinski definition) is 3. The summed E-state index contributed by atoms with van der Waals surface area (Å²) in [6, 6.07) is 11.1. The van der Waals surface area contributed by atoms with Crippen molar-refractivity contribution in [2.24, 2.45) is 0 Å². The van der Waals surface area contributed by atoms with Gasteiger partial charge >= 0.3 is 5.97 Å². The fourth-order valence-corrected chi connectivity index (χ4v) is 2.04. The maximum Gasteiger partial charge on any atom is 0.339 e. The number of carboxylic acid groups (broad SMARTS) is 1. The molecule has 0 heterocycles. The molecule has 0 aliphatic heterocycles. The van der Waals surface area contributed by atoms with Crippen LogP contribution in [0.5, 0.6) is 5.75 Å². The molecular formula is C16H15NO4. The Morgan fingerprint density at radius 1 is 1.10 bits per heavy atom. The molecule has 0 aliphatic carbocycles. The van der Waals surface area contributed by atoms with Gasteiger partial charge in [-0.3, -0.25) is 4.79 Å². The number of carboxylic acids is 1. The first kappa shape index (κ1) is 14.6. The number of carbonyl (C=O) groups is 2. The Bertz CT molecular complexity index is 694. The number of carbonyl (C=O) groups excluding carboxylic acids is 1. The molecule has 0 atom stereocenters. The molecule has 0 saturated heterocycles. The zero-order chi connectivity index (χ0) is 15.4. The third kappa shape index (κ3) is 3.20.